The van der Waals surface area contributed by atoms with Crippen molar-refractivity contribution in [2.45, 2.75) is 37.6 Å². The molecule has 13 heteroatoms. The highest BCUT2D eigenvalue weighted by atomic mass is 35.5. The minimum atomic E-state index is -4.58. The fourth-order valence-corrected chi connectivity index (χ4v) is 4.83. The van der Waals surface area contributed by atoms with Crippen molar-refractivity contribution in [2.75, 3.05) is 53.7 Å². The zero-order chi connectivity index (χ0) is 30.5. The van der Waals surface area contributed by atoms with Crippen LogP contribution in [0.4, 0.5) is 18.0 Å². The molecule has 232 valence electrons. The number of amides is 2. The molecule has 3 rings (SSSR count). The molecule has 9 nitrogen and oxygen atoms in total. The second kappa shape index (κ2) is 16.5. The molecule has 2 aromatic carbocycles. The summed E-state index contributed by atoms with van der Waals surface area (Å²) in [5.41, 5.74) is 1.05. The third kappa shape index (κ3) is 11.3. The molecule has 2 aromatic rings. The Kier molecular flexibility index (Phi) is 13.2. The summed E-state index contributed by atoms with van der Waals surface area (Å²) in [5.74, 6) is -0.253. The molecule has 3 atom stereocenters. The van der Waals surface area contributed by atoms with E-state index in [1.165, 1.54) is 19.2 Å². The van der Waals surface area contributed by atoms with Crippen molar-refractivity contribution in [3.8, 4) is 5.75 Å². The van der Waals surface area contributed by atoms with Gasteiger partial charge in [0, 0.05) is 42.9 Å². The SMILES string of the molecule is CN[C@H](CNC(=O)c1cc(OCC(F)(F)F)cc(C(OCCNC(=O)OC)c2cccc(Cl)c2)c1)C[C@H]1CCCOC1. The topological polar surface area (TPSA) is 107 Å². The van der Waals surface area contributed by atoms with Crippen LogP contribution in [0, 0.1) is 5.92 Å². The van der Waals surface area contributed by atoms with E-state index in [1.807, 2.05) is 7.05 Å². The first-order valence-electron chi connectivity index (χ1n) is 13.6. The standard InChI is InChI=1S/C29H37ClF3N3O6/c1-34-24(11-19-5-4-9-40-17-19)16-36-27(37)22-12-21(14-25(15-22)42-18-29(31,32)33)26(20-6-3-7-23(30)13-20)41-10-8-35-28(38)39-2/h3,6-7,12-15,19,24,26,34H,4-5,8-11,16-18H2,1-2H3,(H,35,38)(H,36,37)/t19-,24+,26?/m1/s1. The zero-order valence-corrected chi connectivity index (χ0v) is 24.4. The Labute approximate surface area is 248 Å². The lowest BCUT2D eigenvalue weighted by molar-refractivity contribution is -0.153. The second-order valence-corrected chi connectivity index (χ2v) is 10.4. The first-order chi connectivity index (χ1) is 20.1. The molecule has 1 fully saturated rings. The van der Waals surface area contributed by atoms with Gasteiger partial charge in [-0.3, -0.25) is 4.79 Å². The van der Waals surface area contributed by atoms with Crippen LogP contribution in [0.2, 0.25) is 5.02 Å². The maximum atomic E-state index is 13.3. The molecule has 1 saturated heterocycles. The predicted molar refractivity (Wildman–Crippen MR) is 151 cm³/mol. The number of hydrogen-bond acceptors (Lipinski definition) is 7. The summed E-state index contributed by atoms with van der Waals surface area (Å²) >= 11 is 6.21. The van der Waals surface area contributed by atoms with Gasteiger partial charge in [0.2, 0.25) is 0 Å². The maximum absolute atomic E-state index is 13.3. The van der Waals surface area contributed by atoms with Crippen LogP contribution in [0.25, 0.3) is 0 Å². The molecular weight excluding hydrogens is 579 g/mol. The van der Waals surface area contributed by atoms with Crippen LogP contribution in [-0.4, -0.2) is 77.9 Å². The summed E-state index contributed by atoms with van der Waals surface area (Å²) < 4.78 is 60.2. The van der Waals surface area contributed by atoms with Crippen molar-refractivity contribution in [3.05, 3.63) is 64.2 Å². The normalized spacial score (nSPS) is 16.8. The van der Waals surface area contributed by atoms with E-state index >= 15 is 0 Å². The van der Waals surface area contributed by atoms with Crippen LogP contribution >= 0.6 is 11.6 Å². The molecule has 1 aliphatic rings. The number of carbonyl (C=O) groups excluding carboxylic acids is 2. The summed E-state index contributed by atoms with van der Waals surface area (Å²) in [6.07, 6.45) is -3.22. The summed E-state index contributed by atoms with van der Waals surface area (Å²) in [5, 5.41) is 9.01. The fraction of sp³-hybridized carbons (Fsp3) is 0.517. The van der Waals surface area contributed by atoms with Crippen LogP contribution in [0.3, 0.4) is 0 Å². The number of alkyl halides is 3. The van der Waals surface area contributed by atoms with Crippen molar-refractivity contribution in [2.24, 2.45) is 5.92 Å². The van der Waals surface area contributed by atoms with E-state index in [-0.39, 0.29) is 30.5 Å². The van der Waals surface area contributed by atoms with Gasteiger partial charge in [0.05, 0.1) is 13.7 Å². The molecule has 0 radical (unpaired) electrons. The van der Waals surface area contributed by atoms with Gasteiger partial charge >= 0.3 is 12.3 Å². The Morgan fingerprint density at radius 2 is 1.95 bits per heavy atom. The third-order valence-corrected chi connectivity index (χ3v) is 6.91. The van der Waals surface area contributed by atoms with Crippen molar-refractivity contribution in [1.29, 1.82) is 0 Å². The van der Waals surface area contributed by atoms with E-state index in [1.54, 1.807) is 30.3 Å². The molecule has 42 heavy (non-hydrogen) atoms. The lowest BCUT2D eigenvalue weighted by atomic mass is 9.94. The first kappa shape index (κ1) is 33.4. The zero-order valence-electron chi connectivity index (χ0n) is 23.6. The molecule has 1 unspecified atom stereocenters. The van der Waals surface area contributed by atoms with E-state index in [2.05, 4.69) is 20.7 Å². The minimum Gasteiger partial charge on any atom is -0.484 e. The number of carbonyl (C=O) groups is 2. The number of likely N-dealkylation sites (N-methyl/N-ethyl adjacent to an activating group) is 1. The summed E-state index contributed by atoms with van der Waals surface area (Å²) in [6, 6.07) is 10.9. The van der Waals surface area contributed by atoms with Crippen molar-refractivity contribution in [3.63, 3.8) is 0 Å². The number of ether oxygens (including phenoxy) is 4. The third-order valence-electron chi connectivity index (χ3n) is 6.68. The van der Waals surface area contributed by atoms with Gasteiger partial charge in [-0.2, -0.15) is 13.2 Å². The molecule has 0 saturated carbocycles. The van der Waals surface area contributed by atoms with Crippen molar-refractivity contribution in [1.82, 2.24) is 16.0 Å². The highest BCUT2D eigenvalue weighted by Gasteiger charge is 2.29. The van der Waals surface area contributed by atoms with Gasteiger partial charge < -0.3 is 34.9 Å². The highest BCUT2D eigenvalue weighted by Crippen LogP contribution is 2.32. The van der Waals surface area contributed by atoms with E-state index < -0.39 is 30.9 Å². The molecular formula is C29H37ClF3N3O6. The fourth-order valence-electron chi connectivity index (χ4n) is 4.63. The monoisotopic (exact) mass is 615 g/mol. The van der Waals surface area contributed by atoms with Gasteiger partial charge in [-0.15, -0.1) is 0 Å². The van der Waals surface area contributed by atoms with E-state index in [0.717, 1.165) is 25.9 Å². The summed E-state index contributed by atoms with van der Waals surface area (Å²) in [6.45, 7) is 0.327. The van der Waals surface area contributed by atoms with Crippen LogP contribution in [0.15, 0.2) is 42.5 Å². The molecule has 0 bridgehead atoms. The molecule has 3 N–H and O–H groups in total. The number of nitrogens with one attached hydrogen (secondary N) is 3. The quantitative estimate of drug-likeness (QED) is 0.260. The van der Waals surface area contributed by atoms with Gasteiger partial charge in [-0.1, -0.05) is 23.7 Å². The molecule has 1 aliphatic heterocycles. The summed E-state index contributed by atoms with van der Waals surface area (Å²) in [7, 11) is 3.04. The Bertz CT molecular complexity index is 1160. The van der Waals surface area contributed by atoms with Gasteiger partial charge in [0.25, 0.3) is 5.91 Å². The molecule has 0 aliphatic carbocycles. The van der Waals surface area contributed by atoms with Crippen molar-refractivity contribution < 1.29 is 41.7 Å². The van der Waals surface area contributed by atoms with Gasteiger partial charge in [0.15, 0.2) is 6.61 Å². The Balaban J connectivity index is 1.85. The van der Waals surface area contributed by atoms with Gasteiger partial charge in [-0.05, 0) is 73.7 Å². The highest BCUT2D eigenvalue weighted by molar-refractivity contribution is 6.30. The van der Waals surface area contributed by atoms with Crippen molar-refractivity contribution >= 4 is 23.6 Å². The molecule has 2 amide bonds. The van der Waals surface area contributed by atoms with E-state index in [9.17, 15) is 22.8 Å². The van der Waals surface area contributed by atoms with E-state index in [0.29, 0.717) is 35.2 Å². The predicted octanol–water partition coefficient (Wildman–Crippen LogP) is 4.88. The lowest BCUT2D eigenvalue weighted by Crippen LogP contribution is -2.41. The number of rotatable bonds is 14. The molecule has 1 heterocycles. The van der Waals surface area contributed by atoms with Crippen LogP contribution in [-0.2, 0) is 14.2 Å². The van der Waals surface area contributed by atoms with Gasteiger partial charge in [0.1, 0.15) is 11.9 Å². The van der Waals surface area contributed by atoms with Crippen LogP contribution in [0.1, 0.15) is 46.9 Å². The van der Waals surface area contributed by atoms with Crippen LogP contribution in [0.5, 0.6) is 5.75 Å². The first-order valence-corrected chi connectivity index (χ1v) is 14.0. The Hall–Kier alpha value is -3.06. The van der Waals surface area contributed by atoms with Gasteiger partial charge in [-0.25, -0.2) is 4.79 Å². The second-order valence-electron chi connectivity index (χ2n) is 9.93. The average molecular weight is 616 g/mol. The number of benzene rings is 2. The van der Waals surface area contributed by atoms with E-state index in [4.69, 9.17) is 25.8 Å². The number of alkyl carbamates (subject to hydrolysis) is 1. The maximum Gasteiger partial charge on any atom is 0.422 e. The smallest absolute Gasteiger partial charge is 0.422 e. The number of halogens is 4. The Morgan fingerprint density at radius 1 is 1.14 bits per heavy atom. The number of methoxy groups -OCH3 is 1. The largest absolute Gasteiger partial charge is 0.484 e. The number of hydrogen-bond donors (Lipinski definition) is 3. The minimum absolute atomic E-state index is 0.0189. The summed E-state index contributed by atoms with van der Waals surface area (Å²) in [4.78, 5) is 24.7. The molecule has 0 spiro atoms. The Morgan fingerprint density at radius 3 is 2.62 bits per heavy atom. The molecule has 0 aromatic heterocycles. The average Bonchev–Trinajstić information content (AvgIpc) is 2.97. The van der Waals surface area contributed by atoms with Crippen LogP contribution < -0.4 is 20.7 Å². The lowest BCUT2D eigenvalue weighted by Gasteiger charge is -2.26.